The molecular formula is C14H24. The fraction of sp³-hybridized carbons (Fsp3) is 0.571. The first-order valence-electron chi connectivity index (χ1n) is 5.53. The van der Waals surface area contributed by atoms with Gasteiger partial charge in [-0.1, -0.05) is 64.4 Å². The summed E-state index contributed by atoms with van der Waals surface area (Å²) in [4.78, 5) is 0. The topological polar surface area (TPSA) is 0 Å². The van der Waals surface area contributed by atoms with Crippen molar-refractivity contribution in [3.63, 3.8) is 0 Å². The van der Waals surface area contributed by atoms with Crippen molar-refractivity contribution in [3.05, 3.63) is 35.4 Å². The Kier molecular flexibility index (Phi) is 5.52. The zero-order valence-corrected chi connectivity index (χ0v) is 10.5. The summed E-state index contributed by atoms with van der Waals surface area (Å²) in [5.74, 6) is 0. The minimum absolute atomic E-state index is 0.398. The largest absolute Gasteiger partial charge is 0.0683 e. The molecule has 1 aromatic rings. The van der Waals surface area contributed by atoms with Gasteiger partial charge in [-0.15, -0.1) is 0 Å². The lowest BCUT2D eigenvalue weighted by molar-refractivity contribution is 0.411. The molecule has 0 aliphatic heterocycles. The Morgan fingerprint density at radius 2 is 1.36 bits per heavy atom. The van der Waals surface area contributed by atoms with Crippen molar-refractivity contribution in [3.8, 4) is 0 Å². The standard InChI is InChI=1S/C12H18.C2H6/c1-10-5-7-11(8-6-10)9-12(2,3)4;1-2/h5-8H,9H2,1-4H3;1-2H3. The molecule has 0 nitrogen and oxygen atoms in total. The van der Waals surface area contributed by atoms with Crippen LogP contribution in [-0.4, -0.2) is 0 Å². The third-order valence-electron chi connectivity index (χ3n) is 1.86. The van der Waals surface area contributed by atoms with E-state index in [2.05, 4.69) is 52.0 Å². The minimum Gasteiger partial charge on any atom is -0.0683 e. The molecule has 14 heavy (non-hydrogen) atoms. The van der Waals surface area contributed by atoms with Crippen LogP contribution in [0.15, 0.2) is 24.3 Å². The van der Waals surface area contributed by atoms with E-state index in [1.54, 1.807) is 0 Å². The molecule has 0 N–H and O–H groups in total. The summed E-state index contributed by atoms with van der Waals surface area (Å²) in [6.45, 7) is 12.9. The third-order valence-corrected chi connectivity index (χ3v) is 1.86. The van der Waals surface area contributed by atoms with E-state index >= 15 is 0 Å². The normalized spacial score (nSPS) is 10.4. The summed E-state index contributed by atoms with van der Waals surface area (Å²) in [6.07, 6.45) is 1.16. The molecule has 0 heteroatoms. The van der Waals surface area contributed by atoms with E-state index < -0.39 is 0 Å². The second-order valence-electron chi connectivity index (χ2n) is 4.72. The smallest absolute Gasteiger partial charge is 0.0230 e. The average Bonchev–Trinajstić information content (AvgIpc) is 2.10. The van der Waals surface area contributed by atoms with E-state index in [0.29, 0.717) is 5.41 Å². The van der Waals surface area contributed by atoms with Crippen LogP contribution in [0.2, 0.25) is 0 Å². The zero-order chi connectivity index (χ0) is 11.2. The molecule has 0 spiro atoms. The van der Waals surface area contributed by atoms with Crippen LogP contribution in [0.5, 0.6) is 0 Å². The second kappa shape index (κ2) is 5.85. The molecule has 0 radical (unpaired) electrons. The summed E-state index contributed by atoms with van der Waals surface area (Å²) < 4.78 is 0. The summed E-state index contributed by atoms with van der Waals surface area (Å²) in [5, 5.41) is 0. The lowest BCUT2D eigenvalue weighted by atomic mass is 9.88. The summed E-state index contributed by atoms with van der Waals surface area (Å²) in [7, 11) is 0. The van der Waals surface area contributed by atoms with Crippen LogP contribution in [0.1, 0.15) is 45.7 Å². The van der Waals surface area contributed by atoms with E-state index in [-0.39, 0.29) is 0 Å². The van der Waals surface area contributed by atoms with Crippen LogP contribution in [0.25, 0.3) is 0 Å². The molecule has 0 aliphatic rings. The highest BCUT2D eigenvalue weighted by atomic mass is 14.1. The van der Waals surface area contributed by atoms with E-state index in [0.717, 1.165) is 6.42 Å². The maximum atomic E-state index is 2.27. The van der Waals surface area contributed by atoms with Crippen molar-refractivity contribution >= 4 is 0 Å². The highest BCUT2D eigenvalue weighted by Crippen LogP contribution is 2.20. The van der Waals surface area contributed by atoms with Gasteiger partial charge in [0.1, 0.15) is 0 Å². The van der Waals surface area contributed by atoms with Crippen LogP contribution in [-0.2, 0) is 6.42 Å². The first-order chi connectivity index (χ1) is 6.47. The highest BCUT2D eigenvalue weighted by molar-refractivity contribution is 5.21. The molecule has 0 amide bonds. The molecule has 0 heterocycles. The highest BCUT2D eigenvalue weighted by Gasteiger charge is 2.10. The molecular weight excluding hydrogens is 168 g/mol. The van der Waals surface area contributed by atoms with Crippen molar-refractivity contribution < 1.29 is 0 Å². The number of hydrogen-bond acceptors (Lipinski definition) is 0. The van der Waals surface area contributed by atoms with Crippen molar-refractivity contribution in [1.82, 2.24) is 0 Å². The maximum absolute atomic E-state index is 2.27. The Hall–Kier alpha value is -0.780. The molecule has 0 aromatic heterocycles. The first kappa shape index (κ1) is 13.2. The Balaban J connectivity index is 0.000000791. The lowest BCUT2D eigenvalue weighted by Crippen LogP contribution is -2.08. The van der Waals surface area contributed by atoms with E-state index in [4.69, 9.17) is 0 Å². The van der Waals surface area contributed by atoms with Crippen LogP contribution in [0.3, 0.4) is 0 Å². The maximum Gasteiger partial charge on any atom is -0.0230 e. The summed E-state index contributed by atoms with van der Waals surface area (Å²) >= 11 is 0. The van der Waals surface area contributed by atoms with Gasteiger partial charge in [-0.05, 0) is 24.3 Å². The molecule has 0 saturated heterocycles. The molecule has 0 atom stereocenters. The van der Waals surface area contributed by atoms with E-state index in [9.17, 15) is 0 Å². The van der Waals surface area contributed by atoms with Crippen molar-refractivity contribution in [2.45, 2.75) is 48.0 Å². The fourth-order valence-electron chi connectivity index (χ4n) is 1.32. The zero-order valence-electron chi connectivity index (χ0n) is 10.5. The molecule has 1 rings (SSSR count). The lowest BCUT2D eigenvalue weighted by Gasteiger charge is -2.17. The molecule has 0 aliphatic carbocycles. The van der Waals surface area contributed by atoms with Gasteiger partial charge in [0.2, 0.25) is 0 Å². The van der Waals surface area contributed by atoms with Gasteiger partial charge in [0, 0.05) is 0 Å². The van der Waals surface area contributed by atoms with Crippen LogP contribution < -0.4 is 0 Å². The predicted molar refractivity (Wildman–Crippen MR) is 65.7 cm³/mol. The minimum atomic E-state index is 0.398. The summed E-state index contributed by atoms with van der Waals surface area (Å²) in [6, 6.07) is 8.81. The predicted octanol–water partition coefficient (Wildman–Crippen LogP) is 4.61. The first-order valence-corrected chi connectivity index (χ1v) is 5.53. The summed E-state index contributed by atoms with van der Waals surface area (Å²) in [5.41, 5.74) is 3.18. The fourth-order valence-corrected chi connectivity index (χ4v) is 1.32. The number of aryl methyl sites for hydroxylation is 1. The molecule has 0 bridgehead atoms. The Bertz CT molecular complexity index is 236. The number of hydrogen-bond donors (Lipinski definition) is 0. The molecule has 0 fully saturated rings. The van der Waals surface area contributed by atoms with Crippen LogP contribution >= 0.6 is 0 Å². The van der Waals surface area contributed by atoms with Gasteiger partial charge >= 0.3 is 0 Å². The van der Waals surface area contributed by atoms with E-state index in [1.165, 1.54) is 11.1 Å². The van der Waals surface area contributed by atoms with Gasteiger partial charge < -0.3 is 0 Å². The SMILES string of the molecule is CC.Cc1ccc(CC(C)(C)C)cc1. The Morgan fingerprint density at radius 3 is 1.71 bits per heavy atom. The van der Waals surface area contributed by atoms with Crippen LogP contribution in [0, 0.1) is 12.3 Å². The molecule has 80 valence electrons. The molecule has 0 unspecified atom stereocenters. The molecule has 0 saturated carbocycles. The van der Waals surface area contributed by atoms with Crippen LogP contribution in [0.4, 0.5) is 0 Å². The van der Waals surface area contributed by atoms with Gasteiger partial charge in [0.25, 0.3) is 0 Å². The monoisotopic (exact) mass is 192 g/mol. The number of rotatable bonds is 1. The Morgan fingerprint density at radius 1 is 0.929 bits per heavy atom. The second-order valence-corrected chi connectivity index (χ2v) is 4.72. The van der Waals surface area contributed by atoms with Gasteiger partial charge in [-0.2, -0.15) is 0 Å². The van der Waals surface area contributed by atoms with Gasteiger partial charge in [0.15, 0.2) is 0 Å². The van der Waals surface area contributed by atoms with Gasteiger partial charge in [-0.25, -0.2) is 0 Å². The third kappa shape index (κ3) is 5.80. The Labute approximate surface area is 89.4 Å². The van der Waals surface area contributed by atoms with Gasteiger partial charge in [-0.3, -0.25) is 0 Å². The molecule has 1 aromatic carbocycles. The van der Waals surface area contributed by atoms with E-state index in [1.807, 2.05) is 13.8 Å². The van der Waals surface area contributed by atoms with Crippen molar-refractivity contribution in [2.75, 3.05) is 0 Å². The van der Waals surface area contributed by atoms with Crippen molar-refractivity contribution in [1.29, 1.82) is 0 Å². The average molecular weight is 192 g/mol. The van der Waals surface area contributed by atoms with Gasteiger partial charge in [0.05, 0.1) is 0 Å². The van der Waals surface area contributed by atoms with Crippen molar-refractivity contribution in [2.24, 2.45) is 5.41 Å². The number of benzene rings is 1. The quantitative estimate of drug-likeness (QED) is 0.609.